The molecule has 1 amide bonds. The van der Waals surface area contributed by atoms with E-state index in [2.05, 4.69) is 0 Å². The van der Waals surface area contributed by atoms with E-state index < -0.39 is 0 Å². The highest BCUT2D eigenvalue weighted by Gasteiger charge is 2.17. The number of nitrogens with zero attached hydrogens (tertiary/aromatic N) is 1. The maximum atomic E-state index is 11.8. The van der Waals surface area contributed by atoms with Crippen LogP contribution in [0.2, 0.25) is 0 Å². The number of thioether (sulfide) groups is 1. The van der Waals surface area contributed by atoms with E-state index in [0.29, 0.717) is 13.2 Å². The summed E-state index contributed by atoms with van der Waals surface area (Å²) < 4.78 is 5.38. The van der Waals surface area contributed by atoms with Gasteiger partial charge in [-0.1, -0.05) is 0 Å². The average Bonchev–Trinajstić information content (AvgIpc) is 2.24. The lowest BCUT2D eigenvalue weighted by Crippen LogP contribution is -2.43. The molecule has 96 valence electrons. The van der Waals surface area contributed by atoms with Gasteiger partial charge in [-0.15, -0.1) is 0 Å². The van der Waals surface area contributed by atoms with Crippen LogP contribution in [0.5, 0.6) is 0 Å². The Labute approximate surface area is 103 Å². The Kier molecular flexibility index (Phi) is 8.70. The van der Waals surface area contributed by atoms with Crippen LogP contribution < -0.4 is 5.73 Å². The molecule has 0 aromatic rings. The van der Waals surface area contributed by atoms with Crippen molar-refractivity contribution in [2.24, 2.45) is 5.73 Å². The Hall–Kier alpha value is -0.260. The highest BCUT2D eigenvalue weighted by Crippen LogP contribution is 2.01. The summed E-state index contributed by atoms with van der Waals surface area (Å²) in [4.78, 5) is 13.4. The Morgan fingerprint density at radius 3 is 2.62 bits per heavy atom. The molecule has 0 heterocycles. The van der Waals surface area contributed by atoms with Crippen molar-refractivity contribution in [1.82, 2.24) is 4.90 Å². The third kappa shape index (κ3) is 7.09. The lowest BCUT2D eigenvalue weighted by atomic mass is 10.2. The maximum Gasteiger partial charge on any atom is 0.239 e. The zero-order chi connectivity index (χ0) is 12.6. The number of nitrogens with two attached hydrogens (primary N) is 1. The number of likely N-dealkylation sites (N-methyl/N-ethyl adjacent to an activating group) is 1. The van der Waals surface area contributed by atoms with Gasteiger partial charge in [0.05, 0.1) is 18.8 Å². The van der Waals surface area contributed by atoms with Crippen LogP contribution in [0.15, 0.2) is 0 Å². The molecule has 0 rings (SSSR count). The molecular formula is C11H24N2O2S. The molecule has 5 heteroatoms. The maximum absolute atomic E-state index is 11.8. The third-order valence-corrected chi connectivity index (χ3v) is 2.85. The summed E-state index contributed by atoms with van der Waals surface area (Å²) in [5, 5.41) is 0. The summed E-state index contributed by atoms with van der Waals surface area (Å²) in [5.74, 6) is 0.921. The molecule has 4 nitrogen and oxygen atoms in total. The minimum absolute atomic E-state index is 0.00130. The highest BCUT2D eigenvalue weighted by atomic mass is 32.2. The highest BCUT2D eigenvalue weighted by molar-refractivity contribution is 7.98. The number of hydrogen-bond acceptors (Lipinski definition) is 4. The van der Waals surface area contributed by atoms with Gasteiger partial charge >= 0.3 is 0 Å². The van der Waals surface area contributed by atoms with Gasteiger partial charge in [0.1, 0.15) is 0 Å². The molecule has 0 fully saturated rings. The number of carbonyl (C=O) groups excluding carboxylic acids is 1. The zero-order valence-electron chi connectivity index (χ0n) is 10.7. The third-order valence-electron chi connectivity index (χ3n) is 2.20. The molecule has 2 N–H and O–H groups in total. The first-order valence-corrected chi connectivity index (χ1v) is 6.99. The molecule has 0 spiro atoms. The first-order valence-electron chi connectivity index (χ1n) is 5.60. The minimum atomic E-state index is -0.378. The van der Waals surface area contributed by atoms with Gasteiger partial charge in [0, 0.05) is 13.6 Å². The monoisotopic (exact) mass is 248 g/mol. The molecule has 16 heavy (non-hydrogen) atoms. The van der Waals surface area contributed by atoms with Crippen molar-refractivity contribution in [3.05, 3.63) is 0 Å². The van der Waals surface area contributed by atoms with Crippen LogP contribution in [0.25, 0.3) is 0 Å². The fourth-order valence-corrected chi connectivity index (χ4v) is 1.68. The van der Waals surface area contributed by atoms with E-state index in [-0.39, 0.29) is 18.1 Å². The van der Waals surface area contributed by atoms with E-state index in [1.54, 1.807) is 23.7 Å². The molecular weight excluding hydrogens is 224 g/mol. The Balaban J connectivity index is 3.79. The van der Waals surface area contributed by atoms with Crippen molar-refractivity contribution < 1.29 is 9.53 Å². The molecule has 0 aromatic carbocycles. The summed E-state index contributed by atoms with van der Waals surface area (Å²) in [7, 11) is 1.77. The molecule has 0 saturated carbocycles. The average molecular weight is 248 g/mol. The van der Waals surface area contributed by atoms with Gasteiger partial charge in [0.2, 0.25) is 5.91 Å². The Morgan fingerprint density at radius 1 is 1.50 bits per heavy atom. The first-order chi connectivity index (χ1) is 7.49. The van der Waals surface area contributed by atoms with Gasteiger partial charge in [-0.25, -0.2) is 0 Å². The molecule has 0 saturated heterocycles. The molecule has 0 radical (unpaired) electrons. The van der Waals surface area contributed by atoms with Crippen LogP contribution in [0.1, 0.15) is 20.3 Å². The van der Waals surface area contributed by atoms with Crippen molar-refractivity contribution in [3.8, 4) is 0 Å². The van der Waals surface area contributed by atoms with E-state index in [4.69, 9.17) is 10.5 Å². The van der Waals surface area contributed by atoms with E-state index in [1.807, 2.05) is 20.1 Å². The van der Waals surface area contributed by atoms with Crippen LogP contribution in [-0.2, 0) is 9.53 Å². The second-order valence-electron chi connectivity index (χ2n) is 4.07. The largest absolute Gasteiger partial charge is 0.377 e. The quantitative estimate of drug-likeness (QED) is 0.695. The van der Waals surface area contributed by atoms with Gasteiger partial charge in [-0.05, 0) is 32.3 Å². The summed E-state index contributed by atoms with van der Waals surface area (Å²) in [5.41, 5.74) is 5.79. The second-order valence-corrected chi connectivity index (χ2v) is 5.05. The Morgan fingerprint density at radius 2 is 2.12 bits per heavy atom. The molecule has 0 bridgehead atoms. The van der Waals surface area contributed by atoms with Crippen LogP contribution >= 0.6 is 11.8 Å². The molecule has 0 aliphatic rings. The van der Waals surface area contributed by atoms with E-state index in [1.165, 1.54) is 0 Å². The van der Waals surface area contributed by atoms with Crippen LogP contribution in [0, 0.1) is 0 Å². The van der Waals surface area contributed by atoms with Crippen molar-refractivity contribution in [3.63, 3.8) is 0 Å². The lowest BCUT2D eigenvalue weighted by Gasteiger charge is -2.21. The number of ether oxygens (including phenoxy) is 1. The zero-order valence-corrected chi connectivity index (χ0v) is 11.5. The number of rotatable bonds is 8. The normalized spacial score (nSPS) is 12.9. The molecule has 1 atom stereocenters. The van der Waals surface area contributed by atoms with Gasteiger partial charge < -0.3 is 15.4 Å². The van der Waals surface area contributed by atoms with Crippen molar-refractivity contribution in [2.75, 3.05) is 32.2 Å². The van der Waals surface area contributed by atoms with Crippen molar-refractivity contribution >= 4 is 17.7 Å². The van der Waals surface area contributed by atoms with E-state index >= 15 is 0 Å². The Bertz CT molecular complexity index is 200. The molecule has 0 unspecified atom stereocenters. The van der Waals surface area contributed by atoms with Gasteiger partial charge in [-0.3, -0.25) is 4.79 Å². The van der Waals surface area contributed by atoms with Gasteiger partial charge in [-0.2, -0.15) is 11.8 Å². The van der Waals surface area contributed by atoms with E-state index in [0.717, 1.165) is 12.2 Å². The number of carbonyl (C=O) groups is 1. The van der Waals surface area contributed by atoms with E-state index in [9.17, 15) is 4.79 Å². The smallest absolute Gasteiger partial charge is 0.239 e. The summed E-state index contributed by atoms with van der Waals surface area (Å²) in [6, 6.07) is -0.378. The fourth-order valence-electron chi connectivity index (χ4n) is 1.19. The molecule has 0 aliphatic carbocycles. The summed E-state index contributed by atoms with van der Waals surface area (Å²) in [6.07, 6.45) is 2.95. The first kappa shape index (κ1) is 15.7. The van der Waals surface area contributed by atoms with Gasteiger partial charge in [0.15, 0.2) is 0 Å². The summed E-state index contributed by atoms with van der Waals surface area (Å²) >= 11 is 1.71. The predicted molar refractivity (Wildman–Crippen MR) is 69.7 cm³/mol. The number of hydrogen-bond donors (Lipinski definition) is 1. The topological polar surface area (TPSA) is 55.6 Å². The fraction of sp³-hybridized carbons (Fsp3) is 0.909. The molecule has 0 aliphatic heterocycles. The van der Waals surface area contributed by atoms with Crippen molar-refractivity contribution in [2.45, 2.75) is 32.4 Å². The van der Waals surface area contributed by atoms with Crippen molar-refractivity contribution in [1.29, 1.82) is 0 Å². The standard InChI is InChI=1S/C11H24N2O2S/c1-9(2)15-7-6-13(3)11(14)10(12)5-8-16-4/h9-10H,5-8,12H2,1-4H3/t10-/m1/s1. The molecule has 0 aromatic heterocycles. The van der Waals surface area contributed by atoms with Gasteiger partial charge in [0.25, 0.3) is 0 Å². The SMILES string of the molecule is CSCC[C@@H](N)C(=O)N(C)CCOC(C)C. The van der Waals surface area contributed by atoms with Crippen LogP contribution in [0.4, 0.5) is 0 Å². The second kappa shape index (κ2) is 8.84. The summed E-state index contributed by atoms with van der Waals surface area (Å²) in [6.45, 7) is 5.12. The van der Waals surface area contributed by atoms with Crippen LogP contribution in [0.3, 0.4) is 0 Å². The predicted octanol–water partition coefficient (Wildman–Crippen LogP) is 0.950. The minimum Gasteiger partial charge on any atom is -0.377 e. The number of amides is 1. The van der Waals surface area contributed by atoms with Crippen LogP contribution in [-0.4, -0.2) is 55.2 Å². The lowest BCUT2D eigenvalue weighted by molar-refractivity contribution is -0.132.